The van der Waals surface area contributed by atoms with Gasteiger partial charge in [0.05, 0.1) is 17.7 Å². The molecule has 0 radical (unpaired) electrons. The maximum Gasteiger partial charge on any atom is 0.316 e. The van der Waals surface area contributed by atoms with Crippen molar-refractivity contribution in [2.45, 2.75) is 0 Å². The molecule has 0 N–H and O–H groups in total. The SMILES string of the molecule is CON(C)C(=O)c1nc(-c2cccs2)n(-c2ccccc2)n1. The van der Waals surface area contributed by atoms with Crippen LogP contribution in [0.3, 0.4) is 0 Å². The Morgan fingerprint density at radius 2 is 2.00 bits per heavy atom. The van der Waals surface area contributed by atoms with Gasteiger partial charge in [0.2, 0.25) is 5.82 Å². The lowest BCUT2D eigenvalue weighted by molar-refractivity contribution is -0.0764. The van der Waals surface area contributed by atoms with Crippen LogP contribution in [-0.2, 0) is 4.84 Å². The molecule has 0 saturated heterocycles. The summed E-state index contributed by atoms with van der Waals surface area (Å²) in [5.74, 6) is 0.334. The van der Waals surface area contributed by atoms with Crippen LogP contribution in [0.1, 0.15) is 10.6 Å². The first kappa shape index (κ1) is 14.4. The van der Waals surface area contributed by atoms with Gasteiger partial charge in [-0.25, -0.2) is 14.7 Å². The quantitative estimate of drug-likeness (QED) is 0.695. The zero-order valence-electron chi connectivity index (χ0n) is 12.1. The smallest absolute Gasteiger partial charge is 0.274 e. The van der Waals surface area contributed by atoms with Gasteiger partial charge >= 0.3 is 5.91 Å². The van der Waals surface area contributed by atoms with Gasteiger partial charge in [-0.1, -0.05) is 24.3 Å². The molecule has 2 aromatic heterocycles. The molecule has 0 bridgehead atoms. The van der Waals surface area contributed by atoms with Crippen molar-refractivity contribution >= 4 is 17.2 Å². The summed E-state index contributed by atoms with van der Waals surface area (Å²) in [5, 5.41) is 7.41. The lowest BCUT2D eigenvalue weighted by atomic mass is 10.3. The fraction of sp³-hybridized carbons (Fsp3) is 0.133. The number of hydroxylamine groups is 2. The summed E-state index contributed by atoms with van der Waals surface area (Å²) in [6.07, 6.45) is 0. The van der Waals surface area contributed by atoms with Gasteiger partial charge in [-0.15, -0.1) is 16.4 Å². The number of carbonyl (C=O) groups excluding carboxylic acids is 1. The molecule has 0 atom stereocenters. The monoisotopic (exact) mass is 314 g/mol. The summed E-state index contributed by atoms with van der Waals surface area (Å²) >= 11 is 1.54. The number of thiophene rings is 1. The lowest BCUT2D eigenvalue weighted by Gasteiger charge is -2.10. The molecular weight excluding hydrogens is 300 g/mol. The lowest BCUT2D eigenvalue weighted by Crippen LogP contribution is -2.26. The molecule has 7 heteroatoms. The minimum atomic E-state index is -0.394. The van der Waals surface area contributed by atoms with Gasteiger partial charge in [0.1, 0.15) is 0 Å². The maximum absolute atomic E-state index is 12.2. The number of hydrogen-bond acceptors (Lipinski definition) is 5. The third-order valence-corrected chi connectivity index (χ3v) is 3.97. The average molecular weight is 314 g/mol. The Bertz CT molecular complexity index is 768. The van der Waals surface area contributed by atoms with E-state index in [-0.39, 0.29) is 5.82 Å². The molecule has 0 unspecified atom stereocenters. The topological polar surface area (TPSA) is 60.2 Å². The van der Waals surface area contributed by atoms with Crippen LogP contribution in [0.15, 0.2) is 47.8 Å². The normalized spacial score (nSPS) is 10.6. The number of rotatable bonds is 4. The van der Waals surface area contributed by atoms with Crippen LogP contribution in [0.5, 0.6) is 0 Å². The molecule has 22 heavy (non-hydrogen) atoms. The van der Waals surface area contributed by atoms with Gasteiger partial charge in [0, 0.05) is 7.05 Å². The van der Waals surface area contributed by atoms with Crippen molar-refractivity contribution in [3.63, 3.8) is 0 Å². The number of hydrogen-bond donors (Lipinski definition) is 0. The van der Waals surface area contributed by atoms with Gasteiger partial charge in [0.25, 0.3) is 0 Å². The van der Waals surface area contributed by atoms with Crippen LogP contribution in [0.2, 0.25) is 0 Å². The summed E-state index contributed by atoms with van der Waals surface area (Å²) in [6, 6.07) is 13.5. The van der Waals surface area contributed by atoms with E-state index in [1.165, 1.54) is 14.2 Å². The van der Waals surface area contributed by atoms with Crippen LogP contribution in [-0.4, -0.2) is 39.9 Å². The van der Waals surface area contributed by atoms with Crippen molar-refractivity contribution in [1.29, 1.82) is 0 Å². The highest BCUT2D eigenvalue weighted by Gasteiger charge is 2.21. The van der Waals surface area contributed by atoms with Crippen LogP contribution in [0.4, 0.5) is 0 Å². The van der Waals surface area contributed by atoms with Gasteiger partial charge < -0.3 is 0 Å². The Labute approximate surface area is 131 Å². The second-order valence-electron chi connectivity index (χ2n) is 4.47. The first-order chi connectivity index (χ1) is 10.7. The molecule has 3 aromatic rings. The number of aromatic nitrogens is 3. The highest BCUT2D eigenvalue weighted by molar-refractivity contribution is 7.13. The van der Waals surface area contributed by atoms with E-state index in [2.05, 4.69) is 10.1 Å². The summed E-state index contributed by atoms with van der Waals surface area (Å²) in [4.78, 5) is 22.4. The van der Waals surface area contributed by atoms with Crippen molar-refractivity contribution in [2.75, 3.05) is 14.2 Å². The van der Waals surface area contributed by atoms with Crippen LogP contribution in [0.25, 0.3) is 16.4 Å². The minimum absolute atomic E-state index is 0.0941. The Morgan fingerprint density at radius 1 is 1.23 bits per heavy atom. The van der Waals surface area contributed by atoms with E-state index in [1.807, 2.05) is 47.8 Å². The van der Waals surface area contributed by atoms with E-state index >= 15 is 0 Å². The van der Waals surface area contributed by atoms with Crippen molar-refractivity contribution in [1.82, 2.24) is 19.8 Å². The maximum atomic E-state index is 12.2. The van der Waals surface area contributed by atoms with E-state index in [0.29, 0.717) is 5.82 Å². The molecule has 0 spiro atoms. The Hall–Kier alpha value is -2.51. The summed E-state index contributed by atoms with van der Waals surface area (Å²) < 4.78 is 1.67. The zero-order chi connectivity index (χ0) is 15.5. The Balaban J connectivity index is 2.12. The van der Waals surface area contributed by atoms with Crippen molar-refractivity contribution < 1.29 is 9.63 Å². The van der Waals surface area contributed by atoms with E-state index in [1.54, 1.807) is 16.0 Å². The zero-order valence-corrected chi connectivity index (χ0v) is 12.9. The van der Waals surface area contributed by atoms with Gasteiger partial charge in [-0.05, 0) is 23.6 Å². The van der Waals surface area contributed by atoms with Gasteiger partial charge in [-0.3, -0.25) is 9.63 Å². The van der Waals surface area contributed by atoms with Gasteiger partial charge in [0.15, 0.2) is 5.82 Å². The first-order valence-electron chi connectivity index (χ1n) is 6.59. The number of amides is 1. The van der Waals surface area contributed by atoms with Crippen molar-refractivity contribution in [3.05, 3.63) is 53.7 Å². The first-order valence-corrected chi connectivity index (χ1v) is 7.47. The highest BCUT2D eigenvalue weighted by atomic mass is 32.1. The Kier molecular flexibility index (Phi) is 3.99. The summed E-state index contributed by atoms with van der Waals surface area (Å²) in [6.45, 7) is 0. The predicted octanol–water partition coefficient (Wildman–Crippen LogP) is 2.63. The molecule has 2 heterocycles. The molecule has 0 saturated carbocycles. The molecule has 1 aromatic carbocycles. The Morgan fingerprint density at radius 3 is 2.64 bits per heavy atom. The number of nitrogens with zero attached hydrogens (tertiary/aromatic N) is 4. The van der Waals surface area contributed by atoms with E-state index in [9.17, 15) is 4.79 Å². The third-order valence-electron chi connectivity index (χ3n) is 3.10. The third kappa shape index (κ3) is 2.63. The summed E-state index contributed by atoms with van der Waals surface area (Å²) in [5.41, 5.74) is 0.845. The molecule has 0 fully saturated rings. The fourth-order valence-electron chi connectivity index (χ4n) is 1.94. The number of carbonyl (C=O) groups is 1. The van der Waals surface area contributed by atoms with E-state index < -0.39 is 5.91 Å². The fourth-order valence-corrected chi connectivity index (χ4v) is 2.64. The molecule has 0 aliphatic carbocycles. The molecule has 112 valence electrons. The highest BCUT2D eigenvalue weighted by Crippen LogP contribution is 2.25. The molecule has 0 aliphatic rings. The number of para-hydroxylation sites is 1. The largest absolute Gasteiger partial charge is 0.316 e. The summed E-state index contributed by atoms with van der Waals surface area (Å²) in [7, 11) is 2.95. The van der Waals surface area contributed by atoms with E-state index in [0.717, 1.165) is 15.6 Å². The molecule has 3 rings (SSSR count). The van der Waals surface area contributed by atoms with Gasteiger partial charge in [-0.2, -0.15) is 0 Å². The van der Waals surface area contributed by atoms with Crippen molar-refractivity contribution in [3.8, 4) is 16.4 Å². The number of benzene rings is 1. The molecular formula is C15H14N4O2S. The van der Waals surface area contributed by atoms with Crippen LogP contribution in [0, 0.1) is 0 Å². The molecule has 6 nitrogen and oxygen atoms in total. The standard InChI is InChI=1S/C15H14N4O2S/c1-18(21-2)15(20)13-16-14(12-9-6-10-22-12)19(17-13)11-7-4-3-5-8-11/h3-10H,1-2H3. The average Bonchev–Trinajstić information content (AvgIpc) is 3.23. The van der Waals surface area contributed by atoms with Crippen molar-refractivity contribution in [2.24, 2.45) is 0 Å². The predicted molar refractivity (Wildman–Crippen MR) is 83.8 cm³/mol. The second-order valence-corrected chi connectivity index (χ2v) is 5.42. The minimum Gasteiger partial charge on any atom is -0.274 e. The van der Waals surface area contributed by atoms with E-state index in [4.69, 9.17) is 4.84 Å². The molecule has 1 amide bonds. The van der Waals surface area contributed by atoms with Crippen LogP contribution >= 0.6 is 11.3 Å². The second kappa shape index (κ2) is 6.08. The molecule has 0 aliphatic heterocycles. The van der Waals surface area contributed by atoms with Crippen LogP contribution < -0.4 is 0 Å².